The van der Waals surface area contributed by atoms with Crippen molar-refractivity contribution in [3.05, 3.63) is 116 Å². The van der Waals surface area contributed by atoms with Crippen molar-refractivity contribution in [2.24, 2.45) is 0 Å². The highest BCUT2D eigenvalue weighted by Gasteiger charge is 2.27. The fraction of sp³-hybridized carbons (Fsp3) is 0.314. The van der Waals surface area contributed by atoms with Gasteiger partial charge < -0.3 is 19.5 Å². The monoisotopic (exact) mass is 631 g/mol. The Balaban J connectivity index is 0.000000436. The van der Waals surface area contributed by atoms with Gasteiger partial charge in [-0.3, -0.25) is 19.2 Å². The lowest BCUT2D eigenvalue weighted by atomic mass is 9.86. The summed E-state index contributed by atoms with van der Waals surface area (Å²) in [6.07, 6.45) is 3.10. The predicted octanol–water partition coefficient (Wildman–Crippen LogP) is 5.84. The van der Waals surface area contributed by atoms with E-state index < -0.39 is 17.2 Å². The summed E-state index contributed by atoms with van der Waals surface area (Å²) in [5.74, 6) is -1.30. The number of fused-ring (bicyclic) bond motifs is 1. The van der Waals surface area contributed by atoms with Gasteiger partial charge in [-0.05, 0) is 67.5 Å². The van der Waals surface area contributed by atoms with Crippen LogP contribution in [0.15, 0.2) is 82.0 Å². The van der Waals surface area contributed by atoms with E-state index in [4.69, 9.17) is 16.0 Å². The molecule has 2 aliphatic rings. The lowest BCUT2D eigenvalue weighted by Gasteiger charge is -2.33. The number of aryl methyl sites for hydroxylation is 1. The Morgan fingerprint density at radius 2 is 1.71 bits per heavy atom. The average Bonchev–Trinajstić information content (AvgIpc) is 3.45. The number of carbonyl (C=O) groups excluding carboxylic acids is 3. The van der Waals surface area contributed by atoms with Crippen LogP contribution in [0, 0.1) is 12.7 Å². The van der Waals surface area contributed by atoms with Crippen molar-refractivity contribution in [3.8, 4) is 0 Å². The molecule has 2 saturated heterocycles. The summed E-state index contributed by atoms with van der Waals surface area (Å²) in [6, 6.07) is 20.5. The molecule has 234 valence electrons. The van der Waals surface area contributed by atoms with Gasteiger partial charge in [-0.1, -0.05) is 53.6 Å². The molecule has 10 heteroatoms. The molecular weight excluding hydrogens is 597 g/mol. The van der Waals surface area contributed by atoms with Gasteiger partial charge in [0.25, 0.3) is 5.91 Å². The van der Waals surface area contributed by atoms with Crippen LogP contribution in [0.2, 0.25) is 5.02 Å². The quantitative estimate of drug-likeness (QED) is 0.288. The summed E-state index contributed by atoms with van der Waals surface area (Å²) >= 11 is 5.61. The number of nitrogens with zero attached hydrogens (tertiary/aromatic N) is 2. The van der Waals surface area contributed by atoms with E-state index >= 15 is 0 Å². The van der Waals surface area contributed by atoms with Crippen LogP contribution in [-0.4, -0.2) is 53.7 Å². The van der Waals surface area contributed by atoms with Gasteiger partial charge in [0.1, 0.15) is 11.4 Å². The SMILES string of the molecule is Cc1ccc(Cl)cc1.O=C(NCC(=O)N1CCC(c2ccccc2CN2CCCC2=O)CC1)c1cc(=O)c2ccc(F)cc2o1. The maximum absolute atomic E-state index is 13.5. The first-order valence-corrected chi connectivity index (χ1v) is 15.4. The van der Waals surface area contributed by atoms with Crippen molar-refractivity contribution in [1.82, 2.24) is 15.1 Å². The third-order valence-corrected chi connectivity index (χ3v) is 8.45. The van der Waals surface area contributed by atoms with Gasteiger partial charge >= 0.3 is 0 Å². The van der Waals surface area contributed by atoms with Crippen LogP contribution in [0.3, 0.4) is 0 Å². The molecule has 3 amide bonds. The van der Waals surface area contributed by atoms with Crippen molar-refractivity contribution in [3.63, 3.8) is 0 Å². The van der Waals surface area contributed by atoms with Gasteiger partial charge in [0, 0.05) is 49.8 Å². The molecule has 2 fully saturated rings. The number of carbonyl (C=O) groups is 3. The van der Waals surface area contributed by atoms with Crippen molar-refractivity contribution in [2.75, 3.05) is 26.2 Å². The number of hydrogen-bond donors (Lipinski definition) is 1. The minimum atomic E-state index is -0.711. The Morgan fingerprint density at radius 3 is 2.40 bits per heavy atom. The number of rotatable bonds is 6. The number of likely N-dealkylation sites (tertiary alicyclic amines) is 2. The van der Waals surface area contributed by atoms with Crippen LogP contribution in [0.5, 0.6) is 0 Å². The molecule has 8 nitrogen and oxygen atoms in total. The van der Waals surface area contributed by atoms with Gasteiger partial charge in [-0.2, -0.15) is 0 Å². The third kappa shape index (κ3) is 8.16. The molecule has 0 aliphatic carbocycles. The first kappa shape index (κ1) is 31.9. The van der Waals surface area contributed by atoms with Crippen LogP contribution in [0.1, 0.15) is 58.8 Å². The second-order valence-corrected chi connectivity index (χ2v) is 11.8. The highest BCUT2D eigenvalue weighted by Crippen LogP contribution is 2.31. The van der Waals surface area contributed by atoms with E-state index in [1.807, 2.05) is 48.2 Å². The molecule has 0 radical (unpaired) electrons. The lowest BCUT2D eigenvalue weighted by molar-refractivity contribution is -0.131. The number of amides is 3. The van der Waals surface area contributed by atoms with Crippen LogP contribution in [0.4, 0.5) is 4.39 Å². The molecule has 3 aromatic carbocycles. The van der Waals surface area contributed by atoms with Crippen LogP contribution < -0.4 is 10.7 Å². The second-order valence-electron chi connectivity index (χ2n) is 11.4. The number of benzene rings is 3. The lowest BCUT2D eigenvalue weighted by Crippen LogP contribution is -2.44. The number of piperidine rings is 1. The number of nitrogens with one attached hydrogen (secondary N) is 1. The molecule has 1 aromatic heterocycles. The Hall–Kier alpha value is -4.50. The van der Waals surface area contributed by atoms with Crippen molar-refractivity contribution >= 4 is 40.3 Å². The minimum Gasteiger partial charge on any atom is -0.451 e. The fourth-order valence-electron chi connectivity index (χ4n) is 5.72. The summed E-state index contributed by atoms with van der Waals surface area (Å²) < 4.78 is 18.9. The zero-order valence-electron chi connectivity index (χ0n) is 25.1. The molecular formula is C35H35ClFN3O5. The third-order valence-electron chi connectivity index (χ3n) is 8.20. The van der Waals surface area contributed by atoms with E-state index in [0.29, 0.717) is 32.0 Å². The minimum absolute atomic E-state index is 0.0274. The molecule has 0 spiro atoms. The first-order valence-electron chi connectivity index (χ1n) is 15.0. The Labute approximate surface area is 265 Å². The second kappa shape index (κ2) is 14.5. The van der Waals surface area contributed by atoms with Crippen LogP contribution in [0.25, 0.3) is 11.0 Å². The molecule has 4 aromatic rings. The Kier molecular flexibility index (Phi) is 10.3. The highest BCUT2D eigenvalue weighted by atomic mass is 35.5. The van der Waals surface area contributed by atoms with E-state index in [0.717, 1.165) is 54.6 Å². The normalized spacial score (nSPS) is 15.1. The van der Waals surface area contributed by atoms with E-state index in [9.17, 15) is 23.6 Å². The Morgan fingerprint density at radius 1 is 0.978 bits per heavy atom. The van der Waals surface area contributed by atoms with Crippen molar-refractivity contribution in [2.45, 2.75) is 45.1 Å². The number of halogens is 2. The van der Waals surface area contributed by atoms with Gasteiger partial charge in [0.05, 0.1) is 11.9 Å². The molecule has 0 atom stereocenters. The molecule has 6 rings (SSSR count). The summed E-state index contributed by atoms with van der Waals surface area (Å²) in [6.45, 7) is 4.34. The fourth-order valence-corrected chi connectivity index (χ4v) is 5.85. The van der Waals surface area contributed by atoms with E-state index in [1.165, 1.54) is 17.2 Å². The zero-order valence-corrected chi connectivity index (χ0v) is 25.8. The number of hydrogen-bond acceptors (Lipinski definition) is 5. The molecule has 45 heavy (non-hydrogen) atoms. The average molecular weight is 632 g/mol. The molecule has 2 aliphatic heterocycles. The van der Waals surface area contributed by atoms with Crippen molar-refractivity contribution < 1.29 is 23.2 Å². The largest absolute Gasteiger partial charge is 0.451 e. The van der Waals surface area contributed by atoms with Gasteiger partial charge in [-0.15, -0.1) is 0 Å². The summed E-state index contributed by atoms with van der Waals surface area (Å²) in [5, 5.41) is 3.48. The maximum atomic E-state index is 13.5. The standard InChI is InChI=1S/C28H28FN3O5.C7H7Cl/c29-20-7-8-22-23(33)15-25(37-24(22)14-20)28(36)30-16-27(35)31-12-9-18(10-13-31)21-5-2-1-4-19(21)17-32-11-3-6-26(32)34;1-6-2-4-7(8)5-3-6/h1-2,4-5,7-8,14-15,18H,3,6,9-13,16-17H2,(H,30,36);2-5H,1H3. The molecule has 0 bridgehead atoms. The summed E-state index contributed by atoms with van der Waals surface area (Å²) in [5.41, 5.74) is 3.14. The molecule has 0 unspecified atom stereocenters. The van der Waals surface area contributed by atoms with E-state index in [1.54, 1.807) is 4.90 Å². The van der Waals surface area contributed by atoms with Gasteiger partial charge in [0.15, 0.2) is 11.2 Å². The molecule has 0 saturated carbocycles. The maximum Gasteiger partial charge on any atom is 0.287 e. The summed E-state index contributed by atoms with van der Waals surface area (Å²) in [7, 11) is 0. The first-order chi connectivity index (χ1) is 21.7. The van der Waals surface area contributed by atoms with Gasteiger partial charge in [0.2, 0.25) is 11.8 Å². The van der Waals surface area contributed by atoms with Crippen LogP contribution >= 0.6 is 11.6 Å². The Bertz CT molecular complexity index is 1730. The highest BCUT2D eigenvalue weighted by molar-refractivity contribution is 6.30. The van der Waals surface area contributed by atoms with Crippen molar-refractivity contribution in [1.29, 1.82) is 0 Å². The zero-order chi connectivity index (χ0) is 31.9. The van der Waals surface area contributed by atoms with Gasteiger partial charge in [-0.25, -0.2) is 4.39 Å². The smallest absolute Gasteiger partial charge is 0.287 e. The molecule has 3 heterocycles. The van der Waals surface area contributed by atoms with Crippen LogP contribution in [-0.2, 0) is 16.1 Å². The topological polar surface area (TPSA) is 99.9 Å². The predicted molar refractivity (Wildman–Crippen MR) is 171 cm³/mol. The van der Waals surface area contributed by atoms with E-state index in [2.05, 4.69) is 17.4 Å². The summed E-state index contributed by atoms with van der Waals surface area (Å²) in [4.78, 5) is 53.2. The molecule has 1 N–H and O–H groups in total. The van der Waals surface area contributed by atoms with E-state index in [-0.39, 0.29) is 35.1 Å².